The zero-order valence-corrected chi connectivity index (χ0v) is 13.5. The Morgan fingerprint density at radius 1 is 1.41 bits per heavy atom. The van der Waals surface area contributed by atoms with Gasteiger partial charge in [-0.3, -0.25) is 4.90 Å². The van der Waals surface area contributed by atoms with Crippen molar-refractivity contribution in [1.29, 1.82) is 0 Å². The van der Waals surface area contributed by atoms with Crippen LogP contribution in [0.4, 0.5) is 4.39 Å². The van der Waals surface area contributed by atoms with Crippen molar-refractivity contribution in [3.63, 3.8) is 0 Å². The Morgan fingerprint density at radius 2 is 2.27 bits per heavy atom. The Morgan fingerprint density at radius 3 is 3.00 bits per heavy atom. The van der Waals surface area contributed by atoms with Gasteiger partial charge in [-0.15, -0.1) is 0 Å². The van der Waals surface area contributed by atoms with Crippen molar-refractivity contribution in [2.45, 2.75) is 24.7 Å². The quantitative estimate of drug-likeness (QED) is 0.640. The SMILES string of the molecule is COc1ccc(CN2CCc3nc(SC)ncc3C2)c(F)c1. The highest BCUT2D eigenvalue weighted by Crippen LogP contribution is 2.23. The second kappa shape index (κ2) is 6.62. The summed E-state index contributed by atoms with van der Waals surface area (Å²) in [6, 6.07) is 5.02. The monoisotopic (exact) mass is 319 g/mol. The maximum absolute atomic E-state index is 14.1. The minimum Gasteiger partial charge on any atom is -0.497 e. The van der Waals surface area contributed by atoms with Crippen molar-refractivity contribution in [2.75, 3.05) is 19.9 Å². The number of hydrogen-bond acceptors (Lipinski definition) is 5. The van der Waals surface area contributed by atoms with Gasteiger partial charge in [-0.2, -0.15) is 0 Å². The van der Waals surface area contributed by atoms with Crippen molar-refractivity contribution in [3.05, 3.63) is 47.0 Å². The molecule has 4 nitrogen and oxygen atoms in total. The number of methoxy groups -OCH3 is 1. The van der Waals surface area contributed by atoms with Crippen molar-refractivity contribution >= 4 is 11.8 Å². The third-order valence-corrected chi connectivity index (χ3v) is 4.39. The molecule has 116 valence electrons. The predicted molar refractivity (Wildman–Crippen MR) is 84.6 cm³/mol. The molecule has 2 aromatic rings. The Kier molecular flexibility index (Phi) is 4.59. The molecule has 0 unspecified atom stereocenters. The molecular weight excluding hydrogens is 301 g/mol. The molecule has 2 heterocycles. The van der Waals surface area contributed by atoms with Crippen LogP contribution in [0.5, 0.6) is 5.75 Å². The summed E-state index contributed by atoms with van der Waals surface area (Å²) in [5.41, 5.74) is 2.94. The topological polar surface area (TPSA) is 38.2 Å². The standard InChI is InChI=1S/C16H18FN3OS/c1-21-13-4-3-11(14(17)7-13)9-20-6-5-15-12(10-20)8-18-16(19-15)22-2/h3-4,7-8H,5-6,9-10H2,1-2H3. The molecule has 1 aromatic carbocycles. The number of halogens is 1. The molecule has 0 saturated carbocycles. The molecule has 0 atom stereocenters. The fraction of sp³-hybridized carbons (Fsp3) is 0.375. The van der Waals surface area contributed by atoms with Gasteiger partial charge in [0, 0.05) is 49.4 Å². The van der Waals surface area contributed by atoms with Gasteiger partial charge in [0.1, 0.15) is 11.6 Å². The van der Waals surface area contributed by atoms with Gasteiger partial charge in [0.2, 0.25) is 0 Å². The van der Waals surface area contributed by atoms with Crippen molar-refractivity contribution < 1.29 is 9.13 Å². The van der Waals surface area contributed by atoms with E-state index in [1.54, 1.807) is 31.0 Å². The number of nitrogens with zero attached hydrogens (tertiary/aromatic N) is 3. The number of thioether (sulfide) groups is 1. The van der Waals surface area contributed by atoms with E-state index in [1.165, 1.54) is 6.07 Å². The molecule has 0 spiro atoms. The maximum atomic E-state index is 14.1. The zero-order chi connectivity index (χ0) is 15.5. The normalized spacial score (nSPS) is 14.7. The summed E-state index contributed by atoms with van der Waals surface area (Å²) in [7, 11) is 1.54. The number of rotatable bonds is 4. The van der Waals surface area contributed by atoms with Crippen LogP contribution in [0.2, 0.25) is 0 Å². The van der Waals surface area contributed by atoms with Crippen LogP contribution in [-0.4, -0.2) is 34.8 Å². The summed E-state index contributed by atoms with van der Waals surface area (Å²) in [5.74, 6) is 0.322. The van der Waals surface area contributed by atoms with Crippen molar-refractivity contribution in [2.24, 2.45) is 0 Å². The van der Waals surface area contributed by atoms with E-state index in [2.05, 4.69) is 14.9 Å². The summed E-state index contributed by atoms with van der Waals surface area (Å²) in [4.78, 5) is 11.1. The number of aromatic nitrogens is 2. The van der Waals surface area contributed by atoms with Crippen LogP contribution in [0, 0.1) is 5.82 Å². The first-order valence-electron chi connectivity index (χ1n) is 7.13. The molecule has 1 aliphatic heterocycles. The lowest BCUT2D eigenvalue weighted by Gasteiger charge is -2.28. The lowest BCUT2D eigenvalue weighted by Crippen LogP contribution is -2.31. The van der Waals surface area contributed by atoms with E-state index >= 15 is 0 Å². The predicted octanol–water partition coefficient (Wildman–Crippen LogP) is 2.90. The summed E-state index contributed by atoms with van der Waals surface area (Å²) in [5, 5.41) is 0.813. The van der Waals surface area contributed by atoms with Crippen LogP contribution in [0.1, 0.15) is 16.8 Å². The molecule has 0 fully saturated rings. The number of fused-ring (bicyclic) bond motifs is 1. The van der Waals surface area contributed by atoms with E-state index < -0.39 is 0 Å². The zero-order valence-electron chi connectivity index (χ0n) is 12.7. The second-order valence-corrected chi connectivity index (χ2v) is 6.02. The van der Waals surface area contributed by atoms with Crippen molar-refractivity contribution in [1.82, 2.24) is 14.9 Å². The lowest BCUT2D eigenvalue weighted by atomic mass is 10.1. The minimum absolute atomic E-state index is 0.223. The molecule has 3 rings (SSSR count). The van der Waals surface area contributed by atoms with E-state index in [0.29, 0.717) is 17.9 Å². The van der Waals surface area contributed by atoms with Crippen LogP contribution in [0.3, 0.4) is 0 Å². The fourth-order valence-electron chi connectivity index (χ4n) is 2.61. The van der Waals surface area contributed by atoms with Gasteiger partial charge in [0.05, 0.1) is 12.8 Å². The smallest absolute Gasteiger partial charge is 0.187 e. The summed E-state index contributed by atoms with van der Waals surface area (Å²) in [6.07, 6.45) is 4.75. The molecular formula is C16H18FN3OS. The first-order chi connectivity index (χ1) is 10.7. The van der Waals surface area contributed by atoms with Gasteiger partial charge in [-0.25, -0.2) is 14.4 Å². The molecule has 0 radical (unpaired) electrons. The van der Waals surface area contributed by atoms with Gasteiger partial charge in [-0.1, -0.05) is 17.8 Å². The first kappa shape index (κ1) is 15.2. The molecule has 6 heteroatoms. The van der Waals surface area contributed by atoms with E-state index in [-0.39, 0.29) is 5.82 Å². The molecule has 1 aliphatic rings. The third kappa shape index (κ3) is 3.23. The molecule has 0 saturated heterocycles. The number of ether oxygens (including phenoxy) is 1. The van der Waals surface area contributed by atoms with E-state index in [4.69, 9.17) is 4.74 Å². The first-order valence-corrected chi connectivity index (χ1v) is 8.35. The molecule has 0 N–H and O–H groups in total. The van der Waals surface area contributed by atoms with E-state index in [9.17, 15) is 4.39 Å². The molecule has 0 aliphatic carbocycles. The van der Waals surface area contributed by atoms with Crippen LogP contribution in [0.25, 0.3) is 0 Å². The molecule has 0 bridgehead atoms. The maximum Gasteiger partial charge on any atom is 0.187 e. The highest BCUT2D eigenvalue weighted by molar-refractivity contribution is 7.98. The second-order valence-electron chi connectivity index (χ2n) is 5.25. The Bertz CT molecular complexity index is 680. The number of benzene rings is 1. The average molecular weight is 319 g/mol. The Hall–Kier alpha value is -1.66. The van der Waals surface area contributed by atoms with Gasteiger partial charge in [-0.05, 0) is 12.3 Å². The van der Waals surface area contributed by atoms with Crippen molar-refractivity contribution in [3.8, 4) is 5.75 Å². The summed E-state index contributed by atoms with van der Waals surface area (Å²) in [6.45, 7) is 2.22. The summed E-state index contributed by atoms with van der Waals surface area (Å²) < 4.78 is 19.1. The molecule has 1 aromatic heterocycles. The molecule has 22 heavy (non-hydrogen) atoms. The van der Waals surface area contributed by atoms with Gasteiger partial charge in [0.25, 0.3) is 0 Å². The fourth-order valence-corrected chi connectivity index (χ4v) is 2.97. The highest BCUT2D eigenvalue weighted by atomic mass is 32.2. The van der Waals surface area contributed by atoms with E-state index in [1.807, 2.05) is 12.5 Å². The van der Waals surface area contributed by atoms with E-state index in [0.717, 1.165) is 35.9 Å². The highest BCUT2D eigenvalue weighted by Gasteiger charge is 2.19. The minimum atomic E-state index is -0.223. The third-order valence-electron chi connectivity index (χ3n) is 3.83. The van der Waals surface area contributed by atoms with Gasteiger partial charge >= 0.3 is 0 Å². The number of hydrogen-bond donors (Lipinski definition) is 0. The Balaban J connectivity index is 1.72. The average Bonchev–Trinajstić information content (AvgIpc) is 2.56. The lowest BCUT2D eigenvalue weighted by molar-refractivity contribution is 0.238. The molecule has 0 amide bonds. The van der Waals surface area contributed by atoms with Gasteiger partial charge < -0.3 is 4.74 Å². The van der Waals surface area contributed by atoms with Crippen LogP contribution < -0.4 is 4.74 Å². The van der Waals surface area contributed by atoms with Crippen LogP contribution in [0.15, 0.2) is 29.6 Å². The summed E-state index contributed by atoms with van der Waals surface area (Å²) >= 11 is 1.55. The van der Waals surface area contributed by atoms with Gasteiger partial charge in [0.15, 0.2) is 5.16 Å². The van der Waals surface area contributed by atoms with Crippen LogP contribution in [-0.2, 0) is 19.5 Å². The largest absolute Gasteiger partial charge is 0.497 e. The van der Waals surface area contributed by atoms with Crippen LogP contribution >= 0.6 is 11.8 Å². The Labute approximate surface area is 133 Å².